The van der Waals surface area contributed by atoms with Crippen LogP contribution in [-0.4, -0.2) is 30.0 Å². The van der Waals surface area contributed by atoms with Crippen molar-refractivity contribution in [2.24, 2.45) is 11.7 Å². The van der Waals surface area contributed by atoms with Gasteiger partial charge in [-0.05, 0) is 30.8 Å². The lowest BCUT2D eigenvalue weighted by atomic mass is 10.2. The van der Waals surface area contributed by atoms with Gasteiger partial charge in [0.2, 0.25) is 5.91 Å². The molecule has 0 radical (unpaired) electrons. The number of thioether (sulfide) groups is 1. The van der Waals surface area contributed by atoms with E-state index in [1.54, 1.807) is 11.8 Å². The van der Waals surface area contributed by atoms with Gasteiger partial charge in [-0.1, -0.05) is 6.92 Å². The van der Waals surface area contributed by atoms with Crippen molar-refractivity contribution in [1.29, 1.82) is 0 Å². The zero-order chi connectivity index (χ0) is 9.84. The van der Waals surface area contributed by atoms with Crippen LogP contribution < -0.4 is 11.1 Å². The Bertz CT molecular complexity index is 192. The zero-order valence-electron chi connectivity index (χ0n) is 8.66. The van der Waals surface area contributed by atoms with Crippen molar-refractivity contribution in [2.75, 3.05) is 12.0 Å². The van der Waals surface area contributed by atoms with Gasteiger partial charge in [0.15, 0.2) is 0 Å². The zero-order valence-corrected chi connectivity index (χ0v) is 10.3. The minimum absolute atomic E-state index is 0. The fourth-order valence-corrected chi connectivity index (χ4v) is 1.68. The summed E-state index contributed by atoms with van der Waals surface area (Å²) in [5.41, 5.74) is 5.70. The van der Waals surface area contributed by atoms with Gasteiger partial charge < -0.3 is 11.1 Å². The molecule has 1 fully saturated rings. The molecule has 0 saturated heterocycles. The van der Waals surface area contributed by atoms with Gasteiger partial charge in [0, 0.05) is 6.04 Å². The molecule has 0 aromatic carbocycles. The van der Waals surface area contributed by atoms with Gasteiger partial charge in [0.25, 0.3) is 0 Å². The average molecular weight is 239 g/mol. The summed E-state index contributed by atoms with van der Waals surface area (Å²) in [6.45, 7) is 2.14. The standard InChI is InChI=1S/C9H18N2OS.ClH/c1-6-5-8(6)11-9(12)7(10)3-4-13-2;/h6-8H,3-5,10H2,1-2H3,(H,11,12);1H/t6?,7-,8?;/m0./s1. The Morgan fingerprint density at radius 1 is 1.71 bits per heavy atom. The van der Waals surface area contributed by atoms with Gasteiger partial charge in [-0.25, -0.2) is 0 Å². The smallest absolute Gasteiger partial charge is 0.237 e. The predicted octanol–water partition coefficient (Wildman–Crippen LogP) is 1.01. The van der Waals surface area contributed by atoms with Crippen LogP contribution in [0.1, 0.15) is 19.8 Å². The Morgan fingerprint density at radius 3 is 2.71 bits per heavy atom. The van der Waals surface area contributed by atoms with E-state index in [-0.39, 0.29) is 24.4 Å². The van der Waals surface area contributed by atoms with Gasteiger partial charge in [-0.15, -0.1) is 12.4 Å². The topological polar surface area (TPSA) is 55.1 Å². The Kier molecular flexibility index (Phi) is 6.57. The number of nitrogens with one attached hydrogen (secondary N) is 1. The van der Waals surface area contributed by atoms with E-state index >= 15 is 0 Å². The molecule has 2 unspecified atom stereocenters. The molecular formula is C9H19ClN2OS. The molecule has 0 heterocycles. The highest BCUT2D eigenvalue weighted by Gasteiger charge is 2.34. The second-order valence-corrected chi connectivity index (χ2v) is 4.70. The lowest BCUT2D eigenvalue weighted by Gasteiger charge is -2.10. The lowest BCUT2D eigenvalue weighted by Crippen LogP contribution is -2.42. The summed E-state index contributed by atoms with van der Waals surface area (Å²) in [5.74, 6) is 1.62. The number of carbonyl (C=O) groups excluding carboxylic acids is 1. The first-order valence-corrected chi connectivity index (χ1v) is 6.09. The first-order valence-electron chi connectivity index (χ1n) is 4.70. The molecule has 0 spiro atoms. The van der Waals surface area contributed by atoms with Gasteiger partial charge >= 0.3 is 0 Å². The van der Waals surface area contributed by atoms with Crippen LogP contribution in [0.25, 0.3) is 0 Å². The maximum Gasteiger partial charge on any atom is 0.237 e. The van der Waals surface area contributed by atoms with Crippen LogP contribution in [-0.2, 0) is 4.79 Å². The van der Waals surface area contributed by atoms with Gasteiger partial charge in [-0.3, -0.25) is 4.79 Å². The fourth-order valence-electron chi connectivity index (χ4n) is 1.19. The number of nitrogens with two attached hydrogens (primary N) is 1. The van der Waals surface area contributed by atoms with E-state index in [0.29, 0.717) is 12.0 Å². The third-order valence-corrected chi connectivity index (χ3v) is 3.05. The second-order valence-electron chi connectivity index (χ2n) is 3.72. The molecule has 5 heteroatoms. The van der Waals surface area contributed by atoms with Crippen molar-refractivity contribution in [3.63, 3.8) is 0 Å². The average Bonchev–Trinajstić information content (AvgIpc) is 2.77. The van der Waals surface area contributed by atoms with Crippen LogP contribution in [0.15, 0.2) is 0 Å². The Balaban J connectivity index is 0.00000169. The molecule has 1 saturated carbocycles. The van der Waals surface area contributed by atoms with E-state index in [9.17, 15) is 4.79 Å². The number of carbonyl (C=O) groups is 1. The minimum atomic E-state index is -0.319. The monoisotopic (exact) mass is 238 g/mol. The summed E-state index contributed by atoms with van der Waals surface area (Å²) < 4.78 is 0. The first-order chi connectivity index (χ1) is 6.15. The van der Waals surface area contributed by atoms with Crippen molar-refractivity contribution in [1.82, 2.24) is 5.32 Å². The Morgan fingerprint density at radius 2 is 2.29 bits per heavy atom. The van der Waals surface area contributed by atoms with Crippen LogP contribution >= 0.6 is 24.2 Å². The van der Waals surface area contributed by atoms with E-state index < -0.39 is 0 Å². The van der Waals surface area contributed by atoms with Gasteiger partial charge in [0.05, 0.1) is 6.04 Å². The normalized spacial score (nSPS) is 26.2. The number of amides is 1. The maximum atomic E-state index is 11.4. The van der Waals surface area contributed by atoms with Crippen molar-refractivity contribution >= 4 is 30.1 Å². The molecule has 3 nitrogen and oxygen atoms in total. The van der Waals surface area contributed by atoms with Crippen molar-refractivity contribution in [3.05, 3.63) is 0 Å². The van der Waals surface area contributed by atoms with Crippen LogP contribution in [0.5, 0.6) is 0 Å². The molecule has 1 aliphatic rings. The molecule has 84 valence electrons. The summed E-state index contributed by atoms with van der Waals surface area (Å²) in [7, 11) is 0. The van der Waals surface area contributed by atoms with Crippen LogP contribution in [0.4, 0.5) is 0 Å². The van der Waals surface area contributed by atoms with Crippen LogP contribution in [0.2, 0.25) is 0 Å². The maximum absolute atomic E-state index is 11.4. The Hall–Kier alpha value is 0.0700. The number of hydrogen-bond donors (Lipinski definition) is 2. The summed E-state index contributed by atoms with van der Waals surface area (Å²) in [4.78, 5) is 11.4. The molecule has 1 rings (SSSR count). The largest absolute Gasteiger partial charge is 0.352 e. The number of rotatable bonds is 5. The van der Waals surface area contributed by atoms with E-state index in [2.05, 4.69) is 12.2 Å². The molecule has 3 N–H and O–H groups in total. The molecule has 3 atom stereocenters. The van der Waals surface area contributed by atoms with E-state index in [1.807, 2.05) is 6.26 Å². The summed E-state index contributed by atoms with van der Waals surface area (Å²) in [5, 5.41) is 2.94. The van der Waals surface area contributed by atoms with Crippen molar-refractivity contribution in [3.8, 4) is 0 Å². The Labute approximate surface area is 96.0 Å². The molecule has 0 aliphatic heterocycles. The van der Waals surface area contributed by atoms with Crippen molar-refractivity contribution < 1.29 is 4.79 Å². The van der Waals surface area contributed by atoms with Crippen molar-refractivity contribution in [2.45, 2.75) is 31.8 Å². The van der Waals surface area contributed by atoms with Gasteiger partial charge in [0.1, 0.15) is 0 Å². The minimum Gasteiger partial charge on any atom is -0.352 e. The van der Waals surface area contributed by atoms with E-state index in [4.69, 9.17) is 5.73 Å². The summed E-state index contributed by atoms with van der Waals surface area (Å²) >= 11 is 1.72. The summed E-state index contributed by atoms with van der Waals surface area (Å²) in [6, 6.07) is 0.0769. The highest BCUT2D eigenvalue weighted by Crippen LogP contribution is 2.28. The quantitative estimate of drug-likeness (QED) is 0.752. The highest BCUT2D eigenvalue weighted by atomic mass is 35.5. The van der Waals surface area contributed by atoms with Gasteiger partial charge in [-0.2, -0.15) is 11.8 Å². The highest BCUT2D eigenvalue weighted by molar-refractivity contribution is 7.98. The fraction of sp³-hybridized carbons (Fsp3) is 0.889. The van der Waals surface area contributed by atoms with E-state index in [0.717, 1.165) is 18.6 Å². The van der Waals surface area contributed by atoms with Crippen LogP contribution in [0.3, 0.4) is 0 Å². The SMILES string of the molecule is CSCC[C@H](N)C(=O)NC1CC1C.Cl. The molecule has 14 heavy (non-hydrogen) atoms. The predicted molar refractivity (Wildman–Crippen MR) is 63.9 cm³/mol. The molecule has 1 aliphatic carbocycles. The van der Waals surface area contributed by atoms with Crippen LogP contribution in [0, 0.1) is 5.92 Å². The summed E-state index contributed by atoms with van der Waals surface area (Å²) in [6.07, 6.45) is 3.91. The third-order valence-electron chi connectivity index (χ3n) is 2.41. The third kappa shape index (κ3) is 4.53. The molecule has 0 bridgehead atoms. The van der Waals surface area contributed by atoms with E-state index in [1.165, 1.54) is 0 Å². The number of hydrogen-bond acceptors (Lipinski definition) is 3. The lowest BCUT2D eigenvalue weighted by molar-refractivity contribution is -0.122. The second kappa shape index (κ2) is 6.53. The molecule has 0 aromatic rings. The first kappa shape index (κ1) is 14.1. The molecule has 0 aromatic heterocycles. The molecular weight excluding hydrogens is 220 g/mol. The molecule has 1 amide bonds. The number of halogens is 1.